The van der Waals surface area contributed by atoms with Crippen LogP contribution < -0.4 is 24.7 Å². The molecule has 180 valence electrons. The molecule has 1 aliphatic heterocycles. The SMILES string of the molecule is CCCc1[nH]nc2c1C(c1ccc(OC(=O)c3cccc(OC)c3)c(OCC)c1)C(C#N)=C(N)O2. The Hall–Kier alpha value is -4.45. The number of H-pyrrole nitrogens is 1. The van der Waals surface area contributed by atoms with Crippen LogP contribution in [0, 0.1) is 11.3 Å². The lowest BCUT2D eigenvalue weighted by atomic mass is 9.83. The first-order valence-electron chi connectivity index (χ1n) is 11.3. The number of rotatable bonds is 8. The fraction of sp³-hybridized carbons (Fsp3) is 0.269. The number of benzene rings is 2. The number of aryl methyl sites for hydroxylation is 1. The van der Waals surface area contributed by atoms with Gasteiger partial charge in [-0.2, -0.15) is 5.26 Å². The smallest absolute Gasteiger partial charge is 0.343 e. The molecule has 0 saturated carbocycles. The van der Waals surface area contributed by atoms with Crippen molar-refractivity contribution in [2.45, 2.75) is 32.6 Å². The van der Waals surface area contributed by atoms with E-state index >= 15 is 0 Å². The van der Waals surface area contributed by atoms with Gasteiger partial charge < -0.3 is 24.7 Å². The number of nitrogens with two attached hydrogens (primary N) is 1. The molecule has 0 spiro atoms. The van der Waals surface area contributed by atoms with Crippen LogP contribution in [-0.2, 0) is 6.42 Å². The van der Waals surface area contributed by atoms with Crippen LogP contribution in [-0.4, -0.2) is 29.9 Å². The summed E-state index contributed by atoms with van der Waals surface area (Å²) in [6.45, 7) is 4.24. The quantitative estimate of drug-likeness (QED) is 0.367. The number of nitrogens with zero attached hydrogens (tertiary/aromatic N) is 2. The summed E-state index contributed by atoms with van der Waals surface area (Å²) in [6.07, 6.45) is 1.61. The third-order valence-electron chi connectivity index (χ3n) is 5.63. The van der Waals surface area contributed by atoms with Gasteiger partial charge in [-0.25, -0.2) is 4.79 Å². The maximum atomic E-state index is 12.8. The van der Waals surface area contributed by atoms with Crippen LogP contribution in [0.5, 0.6) is 23.1 Å². The molecule has 0 fully saturated rings. The molecule has 1 atom stereocenters. The lowest BCUT2D eigenvalue weighted by Crippen LogP contribution is -2.21. The second-order valence-electron chi connectivity index (χ2n) is 7.86. The first-order valence-corrected chi connectivity index (χ1v) is 11.3. The topological polar surface area (TPSA) is 132 Å². The van der Waals surface area contributed by atoms with Gasteiger partial charge in [0.15, 0.2) is 11.5 Å². The van der Waals surface area contributed by atoms with E-state index in [1.54, 1.807) is 42.5 Å². The molecule has 3 aromatic rings. The molecule has 1 aromatic heterocycles. The average molecular weight is 475 g/mol. The Balaban J connectivity index is 1.74. The second kappa shape index (κ2) is 10.2. The van der Waals surface area contributed by atoms with E-state index in [1.807, 2.05) is 6.92 Å². The summed E-state index contributed by atoms with van der Waals surface area (Å²) in [7, 11) is 1.53. The Kier molecular flexibility index (Phi) is 6.92. The lowest BCUT2D eigenvalue weighted by Gasteiger charge is -2.24. The number of carbonyl (C=O) groups excluding carboxylic acids is 1. The Morgan fingerprint density at radius 3 is 2.77 bits per heavy atom. The van der Waals surface area contributed by atoms with Gasteiger partial charge in [0.25, 0.3) is 0 Å². The van der Waals surface area contributed by atoms with Crippen molar-refractivity contribution in [2.24, 2.45) is 5.73 Å². The van der Waals surface area contributed by atoms with Crippen molar-refractivity contribution in [2.75, 3.05) is 13.7 Å². The van der Waals surface area contributed by atoms with Crippen LogP contribution in [0.3, 0.4) is 0 Å². The molecule has 9 heteroatoms. The standard InChI is InChI=1S/C26H26N4O5/c1-4-7-19-23-22(18(14-27)24(28)35-25(23)30-29-19)15-10-11-20(21(13-15)33-5-2)34-26(31)16-8-6-9-17(12-16)32-3/h6,8-13,22H,4-5,7,28H2,1-3H3,(H,29,30). The summed E-state index contributed by atoms with van der Waals surface area (Å²) in [4.78, 5) is 12.8. The Morgan fingerprint density at radius 2 is 2.06 bits per heavy atom. The third kappa shape index (κ3) is 4.64. The molecule has 0 bridgehead atoms. The maximum Gasteiger partial charge on any atom is 0.343 e. The highest BCUT2D eigenvalue weighted by atomic mass is 16.6. The number of hydrogen-bond donors (Lipinski definition) is 2. The van der Waals surface area contributed by atoms with Gasteiger partial charge in [-0.15, -0.1) is 5.10 Å². The van der Waals surface area contributed by atoms with Gasteiger partial charge in [0, 0.05) is 11.3 Å². The van der Waals surface area contributed by atoms with Gasteiger partial charge in [0.05, 0.1) is 25.2 Å². The number of aromatic nitrogens is 2. The van der Waals surface area contributed by atoms with Crippen LogP contribution >= 0.6 is 0 Å². The fourth-order valence-corrected chi connectivity index (χ4v) is 4.05. The van der Waals surface area contributed by atoms with E-state index in [-0.39, 0.29) is 17.2 Å². The number of esters is 1. The minimum atomic E-state index is -0.548. The lowest BCUT2D eigenvalue weighted by molar-refractivity contribution is 0.0728. The Morgan fingerprint density at radius 1 is 1.23 bits per heavy atom. The van der Waals surface area contributed by atoms with Crippen molar-refractivity contribution in [1.29, 1.82) is 5.26 Å². The number of hydrogen-bond acceptors (Lipinski definition) is 8. The van der Waals surface area contributed by atoms with Gasteiger partial charge in [-0.3, -0.25) is 5.10 Å². The molecule has 4 rings (SSSR count). The molecule has 9 nitrogen and oxygen atoms in total. The van der Waals surface area contributed by atoms with E-state index in [2.05, 4.69) is 23.2 Å². The molecule has 2 heterocycles. The molecule has 0 aliphatic carbocycles. The van der Waals surface area contributed by atoms with Crippen LogP contribution in [0.15, 0.2) is 53.9 Å². The molecule has 0 amide bonds. The Bertz CT molecular complexity index is 1320. The van der Waals surface area contributed by atoms with E-state index in [9.17, 15) is 10.1 Å². The molecule has 35 heavy (non-hydrogen) atoms. The van der Waals surface area contributed by atoms with Crippen molar-refractivity contribution in [3.8, 4) is 29.2 Å². The summed E-state index contributed by atoms with van der Waals surface area (Å²) < 4.78 is 22.3. The number of allylic oxidation sites excluding steroid dienone is 1. The zero-order valence-electron chi connectivity index (χ0n) is 19.8. The van der Waals surface area contributed by atoms with Gasteiger partial charge in [-0.1, -0.05) is 25.5 Å². The number of carbonyl (C=O) groups is 1. The molecular formula is C26H26N4O5. The highest BCUT2D eigenvalue weighted by molar-refractivity contribution is 5.91. The van der Waals surface area contributed by atoms with Gasteiger partial charge in [0.1, 0.15) is 17.4 Å². The summed E-state index contributed by atoms with van der Waals surface area (Å²) in [6, 6.07) is 14.1. The van der Waals surface area contributed by atoms with E-state index in [0.717, 1.165) is 29.7 Å². The normalized spacial score (nSPS) is 14.5. The highest BCUT2D eigenvalue weighted by Crippen LogP contribution is 2.45. The predicted molar refractivity (Wildman–Crippen MR) is 127 cm³/mol. The minimum absolute atomic E-state index is 0.00559. The van der Waals surface area contributed by atoms with Crippen LogP contribution in [0.2, 0.25) is 0 Å². The third-order valence-corrected chi connectivity index (χ3v) is 5.63. The largest absolute Gasteiger partial charge is 0.497 e. The van der Waals surface area contributed by atoms with E-state index < -0.39 is 11.9 Å². The number of methoxy groups -OCH3 is 1. The second-order valence-corrected chi connectivity index (χ2v) is 7.86. The van der Waals surface area contributed by atoms with Crippen molar-refractivity contribution in [1.82, 2.24) is 10.2 Å². The summed E-state index contributed by atoms with van der Waals surface area (Å²) in [5.41, 5.74) is 9.06. The van der Waals surface area contributed by atoms with Gasteiger partial charge in [-0.05, 0) is 49.2 Å². The van der Waals surface area contributed by atoms with E-state index in [0.29, 0.717) is 29.5 Å². The molecule has 2 aromatic carbocycles. The van der Waals surface area contributed by atoms with Crippen LogP contribution in [0.25, 0.3) is 0 Å². The number of fused-ring (bicyclic) bond motifs is 1. The zero-order valence-corrected chi connectivity index (χ0v) is 19.8. The molecule has 1 aliphatic rings. The molecule has 0 saturated heterocycles. The molecular weight excluding hydrogens is 448 g/mol. The highest BCUT2D eigenvalue weighted by Gasteiger charge is 2.35. The molecule has 3 N–H and O–H groups in total. The molecule has 1 unspecified atom stereocenters. The monoisotopic (exact) mass is 474 g/mol. The van der Waals surface area contributed by atoms with Gasteiger partial charge >= 0.3 is 5.97 Å². The first kappa shape index (κ1) is 23.7. The predicted octanol–water partition coefficient (Wildman–Crippen LogP) is 4.21. The van der Waals surface area contributed by atoms with Crippen molar-refractivity contribution in [3.63, 3.8) is 0 Å². The summed E-state index contributed by atoms with van der Waals surface area (Å²) in [5.74, 6) is 0.469. The number of ether oxygens (including phenoxy) is 4. The van der Waals surface area contributed by atoms with Crippen molar-refractivity contribution in [3.05, 3.63) is 76.3 Å². The average Bonchev–Trinajstić information content (AvgIpc) is 3.26. The molecule has 0 radical (unpaired) electrons. The summed E-state index contributed by atoms with van der Waals surface area (Å²) >= 11 is 0. The van der Waals surface area contributed by atoms with Crippen molar-refractivity contribution < 1.29 is 23.7 Å². The number of aromatic amines is 1. The van der Waals surface area contributed by atoms with E-state index in [4.69, 9.17) is 24.7 Å². The minimum Gasteiger partial charge on any atom is -0.497 e. The van der Waals surface area contributed by atoms with Crippen LogP contribution in [0.1, 0.15) is 53.4 Å². The fourth-order valence-electron chi connectivity index (χ4n) is 4.05. The maximum absolute atomic E-state index is 12.8. The van der Waals surface area contributed by atoms with Crippen molar-refractivity contribution >= 4 is 5.97 Å². The Labute approximate surface area is 203 Å². The van der Waals surface area contributed by atoms with Gasteiger partial charge in [0.2, 0.25) is 11.8 Å². The van der Waals surface area contributed by atoms with E-state index in [1.165, 1.54) is 7.11 Å². The number of nitrogens with one attached hydrogen (secondary N) is 1. The number of nitriles is 1. The first-order chi connectivity index (χ1) is 17.0. The van der Waals surface area contributed by atoms with Crippen LogP contribution in [0.4, 0.5) is 0 Å². The summed E-state index contributed by atoms with van der Waals surface area (Å²) in [5, 5.41) is 17.1. The zero-order chi connectivity index (χ0) is 24.9.